The van der Waals surface area contributed by atoms with Crippen molar-refractivity contribution in [1.82, 2.24) is 5.43 Å². The van der Waals surface area contributed by atoms with E-state index < -0.39 is 0 Å². The molecular formula is C14H16N2O3. The van der Waals surface area contributed by atoms with Crippen molar-refractivity contribution in [3.8, 4) is 5.75 Å². The molecule has 2 rings (SSSR count). The summed E-state index contributed by atoms with van der Waals surface area (Å²) in [6.07, 6.45) is 0. The minimum absolute atomic E-state index is 0.266. The first-order valence-electron chi connectivity index (χ1n) is 5.90. The van der Waals surface area contributed by atoms with E-state index >= 15 is 0 Å². The Balaban J connectivity index is 2.06. The summed E-state index contributed by atoms with van der Waals surface area (Å²) >= 11 is 0. The number of nitrogens with two attached hydrogens (primary N) is 1. The first-order valence-corrected chi connectivity index (χ1v) is 5.90. The van der Waals surface area contributed by atoms with Crippen molar-refractivity contribution >= 4 is 5.91 Å². The van der Waals surface area contributed by atoms with Crippen LogP contribution in [0, 0.1) is 13.8 Å². The van der Waals surface area contributed by atoms with Gasteiger partial charge in [0, 0.05) is 0 Å². The third kappa shape index (κ3) is 3.14. The van der Waals surface area contributed by atoms with Gasteiger partial charge in [0.25, 0.3) is 5.91 Å². The van der Waals surface area contributed by atoms with Gasteiger partial charge in [-0.3, -0.25) is 10.2 Å². The molecule has 1 amide bonds. The molecule has 1 aromatic heterocycles. The number of furan rings is 1. The lowest BCUT2D eigenvalue weighted by atomic mass is 10.2. The lowest BCUT2D eigenvalue weighted by Crippen LogP contribution is -2.30. The van der Waals surface area contributed by atoms with Gasteiger partial charge in [-0.2, -0.15) is 0 Å². The van der Waals surface area contributed by atoms with Crippen molar-refractivity contribution < 1.29 is 13.9 Å². The van der Waals surface area contributed by atoms with Crippen LogP contribution >= 0.6 is 0 Å². The second-order valence-electron chi connectivity index (χ2n) is 4.26. The van der Waals surface area contributed by atoms with E-state index in [9.17, 15) is 4.79 Å². The van der Waals surface area contributed by atoms with Crippen LogP contribution in [-0.2, 0) is 6.61 Å². The minimum atomic E-state index is -0.372. The number of nitrogen functional groups attached to an aromatic ring is 1. The number of hydrogen-bond acceptors (Lipinski definition) is 4. The van der Waals surface area contributed by atoms with Gasteiger partial charge in [-0.25, -0.2) is 5.84 Å². The van der Waals surface area contributed by atoms with Crippen LogP contribution in [0.3, 0.4) is 0 Å². The molecule has 0 atom stereocenters. The first kappa shape index (κ1) is 13.2. The zero-order valence-corrected chi connectivity index (χ0v) is 10.9. The average Bonchev–Trinajstić information content (AvgIpc) is 2.77. The maximum absolute atomic E-state index is 11.4. The molecule has 0 unspecified atom stereocenters. The molecule has 3 N–H and O–H groups in total. The molecule has 100 valence electrons. The maximum atomic E-state index is 11.4. The standard InChI is InChI=1S/C14H16N2O3/c1-9-4-3-5-11(6-9)18-8-12-7-13(10(2)19-12)14(17)16-15/h3-7H,8,15H2,1-2H3,(H,16,17). The van der Waals surface area contributed by atoms with Gasteiger partial charge in [-0.05, 0) is 37.6 Å². The smallest absolute Gasteiger partial charge is 0.268 e. The highest BCUT2D eigenvalue weighted by molar-refractivity contribution is 5.94. The summed E-state index contributed by atoms with van der Waals surface area (Å²) in [5, 5.41) is 0. The maximum Gasteiger partial charge on any atom is 0.268 e. The summed E-state index contributed by atoms with van der Waals surface area (Å²) < 4.78 is 11.0. The molecule has 5 nitrogen and oxygen atoms in total. The molecule has 0 aliphatic rings. The first-order chi connectivity index (χ1) is 9.10. The quantitative estimate of drug-likeness (QED) is 0.501. The van der Waals surface area contributed by atoms with Gasteiger partial charge in [0.05, 0.1) is 5.56 Å². The van der Waals surface area contributed by atoms with Crippen molar-refractivity contribution in [1.29, 1.82) is 0 Å². The highest BCUT2D eigenvalue weighted by atomic mass is 16.5. The number of hydrogen-bond donors (Lipinski definition) is 2. The van der Waals surface area contributed by atoms with Crippen LogP contribution in [0.25, 0.3) is 0 Å². The van der Waals surface area contributed by atoms with Crippen LogP contribution in [-0.4, -0.2) is 5.91 Å². The molecule has 0 saturated carbocycles. The number of benzene rings is 1. The van der Waals surface area contributed by atoms with Gasteiger partial charge in [0.2, 0.25) is 0 Å². The number of carbonyl (C=O) groups is 1. The minimum Gasteiger partial charge on any atom is -0.486 e. The number of ether oxygens (including phenoxy) is 1. The molecule has 0 aliphatic carbocycles. The molecule has 0 spiro atoms. The molecule has 0 bridgehead atoms. The number of aryl methyl sites for hydroxylation is 2. The van der Waals surface area contributed by atoms with E-state index in [1.165, 1.54) is 0 Å². The fraction of sp³-hybridized carbons (Fsp3) is 0.214. The number of nitrogens with one attached hydrogen (secondary N) is 1. The number of amides is 1. The van der Waals surface area contributed by atoms with Gasteiger partial charge < -0.3 is 9.15 Å². The van der Waals surface area contributed by atoms with Crippen LogP contribution in [0.1, 0.15) is 27.4 Å². The van der Waals surface area contributed by atoms with Crippen molar-refractivity contribution in [2.24, 2.45) is 5.84 Å². The zero-order chi connectivity index (χ0) is 13.8. The normalized spacial score (nSPS) is 10.3. The van der Waals surface area contributed by atoms with E-state index in [1.54, 1.807) is 13.0 Å². The number of carbonyl (C=O) groups excluding carboxylic acids is 1. The summed E-state index contributed by atoms with van der Waals surface area (Å²) in [4.78, 5) is 11.4. The zero-order valence-electron chi connectivity index (χ0n) is 10.9. The van der Waals surface area contributed by atoms with E-state index in [0.29, 0.717) is 17.1 Å². The Bertz CT molecular complexity index is 590. The Morgan fingerprint density at radius 1 is 1.37 bits per heavy atom. The van der Waals surface area contributed by atoms with Crippen molar-refractivity contribution in [3.05, 3.63) is 53.0 Å². The molecule has 1 heterocycles. The highest BCUT2D eigenvalue weighted by Crippen LogP contribution is 2.18. The van der Waals surface area contributed by atoms with Gasteiger partial charge in [0.15, 0.2) is 0 Å². The molecule has 5 heteroatoms. The average molecular weight is 260 g/mol. The monoisotopic (exact) mass is 260 g/mol. The predicted octanol–water partition coefficient (Wildman–Crippen LogP) is 2.08. The molecule has 1 aromatic carbocycles. The van der Waals surface area contributed by atoms with Gasteiger partial charge in [-0.1, -0.05) is 12.1 Å². The lowest BCUT2D eigenvalue weighted by molar-refractivity contribution is 0.0952. The molecule has 19 heavy (non-hydrogen) atoms. The molecule has 2 aromatic rings. The van der Waals surface area contributed by atoms with Gasteiger partial charge in [0.1, 0.15) is 23.9 Å². The molecular weight excluding hydrogens is 244 g/mol. The summed E-state index contributed by atoms with van der Waals surface area (Å²) in [5.41, 5.74) is 3.62. The van der Waals surface area contributed by atoms with Crippen molar-refractivity contribution in [2.45, 2.75) is 20.5 Å². The SMILES string of the molecule is Cc1cccc(OCc2cc(C(=O)NN)c(C)o2)c1. The molecule has 0 saturated heterocycles. The van der Waals surface area contributed by atoms with E-state index in [0.717, 1.165) is 11.3 Å². The van der Waals surface area contributed by atoms with Gasteiger partial charge in [-0.15, -0.1) is 0 Å². The van der Waals surface area contributed by atoms with Gasteiger partial charge >= 0.3 is 0 Å². The van der Waals surface area contributed by atoms with E-state index in [-0.39, 0.29) is 12.5 Å². The largest absolute Gasteiger partial charge is 0.486 e. The van der Waals surface area contributed by atoms with Crippen LogP contribution in [0.15, 0.2) is 34.7 Å². The van der Waals surface area contributed by atoms with Crippen LogP contribution in [0.5, 0.6) is 5.75 Å². The topological polar surface area (TPSA) is 77.5 Å². The lowest BCUT2D eigenvalue weighted by Gasteiger charge is -2.04. The van der Waals surface area contributed by atoms with Crippen LogP contribution in [0.4, 0.5) is 0 Å². The molecule has 0 fully saturated rings. The van der Waals surface area contributed by atoms with Crippen LogP contribution in [0.2, 0.25) is 0 Å². The Morgan fingerprint density at radius 2 is 2.16 bits per heavy atom. The summed E-state index contributed by atoms with van der Waals surface area (Å²) in [7, 11) is 0. The summed E-state index contributed by atoms with van der Waals surface area (Å²) in [5.74, 6) is 6.58. The second-order valence-corrected chi connectivity index (χ2v) is 4.26. The molecule has 0 radical (unpaired) electrons. The molecule has 0 aliphatic heterocycles. The second kappa shape index (κ2) is 5.58. The Morgan fingerprint density at radius 3 is 2.84 bits per heavy atom. The van der Waals surface area contributed by atoms with Crippen molar-refractivity contribution in [3.63, 3.8) is 0 Å². The summed E-state index contributed by atoms with van der Waals surface area (Å²) in [6.45, 7) is 3.97. The van der Waals surface area contributed by atoms with E-state index in [1.807, 2.05) is 31.2 Å². The third-order valence-corrected chi connectivity index (χ3v) is 2.72. The predicted molar refractivity (Wildman–Crippen MR) is 70.6 cm³/mol. The Labute approximate surface area is 111 Å². The highest BCUT2D eigenvalue weighted by Gasteiger charge is 2.14. The van der Waals surface area contributed by atoms with Crippen molar-refractivity contribution in [2.75, 3.05) is 0 Å². The fourth-order valence-corrected chi connectivity index (χ4v) is 1.78. The summed E-state index contributed by atoms with van der Waals surface area (Å²) in [6, 6.07) is 9.35. The Kier molecular flexibility index (Phi) is 3.87. The number of rotatable bonds is 4. The third-order valence-electron chi connectivity index (χ3n) is 2.72. The van der Waals surface area contributed by atoms with E-state index in [2.05, 4.69) is 5.43 Å². The fourth-order valence-electron chi connectivity index (χ4n) is 1.78. The van der Waals surface area contributed by atoms with Crippen LogP contribution < -0.4 is 16.0 Å². The van der Waals surface area contributed by atoms with E-state index in [4.69, 9.17) is 15.0 Å². The Hall–Kier alpha value is -2.27. The number of hydrazine groups is 1.